The second-order valence-electron chi connectivity index (χ2n) is 7.16. The smallest absolute Gasteiger partial charge is 0.330 e. The molecule has 0 heterocycles. The van der Waals surface area contributed by atoms with Crippen LogP contribution in [0.5, 0.6) is 0 Å². The van der Waals surface area contributed by atoms with E-state index in [-0.39, 0.29) is 30.5 Å². The summed E-state index contributed by atoms with van der Waals surface area (Å²) in [6.45, 7) is 4.01. The second kappa shape index (κ2) is 16.7. The SMILES string of the molecule is CCOC(=O)/C=C/CCCC(CCC/C=C/C(=O)OCC)NC(=O)c1ccccc1CO. The molecule has 176 valence electrons. The minimum atomic E-state index is -0.355. The van der Waals surface area contributed by atoms with Gasteiger partial charge in [-0.2, -0.15) is 0 Å². The molecule has 0 saturated heterocycles. The van der Waals surface area contributed by atoms with Crippen LogP contribution in [0.3, 0.4) is 0 Å². The molecule has 0 spiro atoms. The van der Waals surface area contributed by atoms with Gasteiger partial charge in [0.25, 0.3) is 5.91 Å². The Hall–Kier alpha value is -2.93. The lowest BCUT2D eigenvalue weighted by molar-refractivity contribution is -0.138. The van der Waals surface area contributed by atoms with Crippen molar-refractivity contribution in [1.82, 2.24) is 5.32 Å². The van der Waals surface area contributed by atoms with Crippen molar-refractivity contribution in [3.05, 3.63) is 59.7 Å². The Kier molecular flexibility index (Phi) is 14.2. The number of amides is 1. The molecule has 7 heteroatoms. The van der Waals surface area contributed by atoms with Crippen LogP contribution < -0.4 is 5.32 Å². The zero-order valence-corrected chi connectivity index (χ0v) is 19.0. The molecular formula is C25H35NO6. The number of hydrogen-bond acceptors (Lipinski definition) is 6. The number of carbonyl (C=O) groups is 3. The van der Waals surface area contributed by atoms with Crippen molar-refractivity contribution in [2.24, 2.45) is 0 Å². The van der Waals surface area contributed by atoms with Gasteiger partial charge in [0.2, 0.25) is 0 Å². The van der Waals surface area contributed by atoms with Crippen LogP contribution in [-0.4, -0.2) is 42.2 Å². The molecule has 0 saturated carbocycles. The number of hydrogen-bond donors (Lipinski definition) is 2. The fourth-order valence-corrected chi connectivity index (χ4v) is 3.14. The molecule has 0 aliphatic rings. The highest BCUT2D eigenvalue weighted by Crippen LogP contribution is 2.13. The van der Waals surface area contributed by atoms with Gasteiger partial charge < -0.3 is 19.9 Å². The largest absolute Gasteiger partial charge is 0.463 e. The molecule has 0 fully saturated rings. The van der Waals surface area contributed by atoms with Crippen molar-refractivity contribution in [2.45, 2.75) is 65.0 Å². The van der Waals surface area contributed by atoms with Gasteiger partial charge in [-0.1, -0.05) is 30.4 Å². The molecule has 0 atom stereocenters. The van der Waals surface area contributed by atoms with Crippen molar-refractivity contribution in [3.63, 3.8) is 0 Å². The van der Waals surface area contributed by atoms with Gasteiger partial charge in [0.15, 0.2) is 0 Å². The molecule has 0 bridgehead atoms. The van der Waals surface area contributed by atoms with E-state index in [2.05, 4.69) is 5.32 Å². The number of nitrogens with one attached hydrogen (secondary N) is 1. The lowest BCUT2D eigenvalue weighted by Gasteiger charge is -2.19. The first-order chi connectivity index (χ1) is 15.5. The topological polar surface area (TPSA) is 102 Å². The molecule has 0 radical (unpaired) electrons. The number of unbranched alkanes of at least 4 members (excludes halogenated alkanes) is 2. The first-order valence-electron chi connectivity index (χ1n) is 11.2. The third-order valence-corrected chi connectivity index (χ3v) is 4.70. The normalized spacial score (nSPS) is 11.2. The van der Waals surface area contributed by atoms with Gasteiger partial charge in [0.1, 0.15) is 0 Å². The van der Waals surface area contributed by atoms with Gasteiger partial charge in [0.05, 0.1) is 19.8 Å². The third kappa shape index (κ3) is 11.5. The summed E-state index contributed by atoms with van der Waals surface area (Å²) in [5.74, 6) is -0.929. The number of aliphatic hydroxyl groups is 1. The fraction of sp³-hybridized carbons (Fsp3) is 0.480. The molecule has 1 rings (SSSR count). The van der Waals surface area contributed by atoms with Crippen LogP contribution in [0.1, 0.15) is 68.3 Å². The fourth-order valence-electron chi connectivity index (χ4n) is 3.14. The van der Waals surface area contributed by atoms with Crippen molar-refractivity contribution >= 4 is 17.8 Å². The number of rotatable bonds is 15. The van der Waals surface area contributed by atoms with Gasteiger partial charge in [-0.3, -0.25) is 4.79 Å². The molecule has 2 N–H and O–H groups in total. The predicted molar refractivity (Wildman–Crippen MR) is 123 cm³/mol. The highest BCUT2D eigenvalue weighted by molar-refractivity contribution is 5.95. The Bertz CT molecular complexity index is 737. The predicted octanol–water partition coefficient (Wildman–Crippen LogP) is 3.86. The van der Waals surface area contributed by atoms with E-state index in [1.54, 1.807) is 50.3 Å². The number of aliphatic hydroxyl groups excluding tert-OH is 1. The van der Waals surface area contributed by atoms with Crippen LogP contribution in [0.15, 0.2) is 48.6 Å². The second-order valence-corrected chi connectivity index (χ2v) is 7.16. The Morgan fingerprint density at radius 3 is 1.97 bits per heavy atom. The third-order valence-electron chi connectivity index (χ3n) is 4.70. The van der Waals surface area contributed by atoms with Crippen molar-refractivity contribution in [3.8, 4) is 0 Å². The summed E-state index contributed by atoms with van der Waals surface area (Å²) < 4.78 is 9.72. The van der Waals surface area contributed by atoms with Gasteiger partial charge in [0, 0.05) is 23.8 Å². The van der Waals surface area contributed by atoms with Crippen molar-refractivity contribution in [2.75, 3.05) is 13.2 Å². The zero-order valence-electron chi connectivity index (χ0n) is 19.0. The maximum absolute atomic E-state index is 12.8. The number of allylic oxidation sites excluding steroid dienone is 2. The minimum Gasteiger partial charge on any atom is -0.463 e. The van der Waals surface area contributed by atoms with E-state index in [0.29, 0.717) is 37.2 Å². The summed E-state index contributed by atoms with van der Waals surface area (Å²) in [6, 6.07) is 6.91. The van der Waals surface area contributed by atoms with E-state index in [4.69, 9.17) is 9.47 Å². The Morgan fingerprint density at radius 2 is 1.47 bits per heavy atom. The van der Waals surface area contributed by atoms with Gasteiger partial charge >= 0.3 is 11.9 Å². The number of esters is 2. The van der Waals surface area contributed by atoms with Gasteiger partial charge in [-0.15, -0.1) is 0 Å². The Labute approximate surface area is 190 Å². The average molecular weight is 446 g/mol. The lowest BCUT2D eigenvalue weighted by atomic mass is 10.0. The highest BCUT2D eigenvalue weighted by Gasteiger charge is 2.15. The minimum absolute atomic E-state index is 0.0683. The molecule has 7 nitrogen and oxygen atoms in total. The highest BCUT2D eigenvalue weighted by atomic mass is 16.5. The summed E-state index contributed by atoms with van der Waals surface area (Å²) in [5, 5.41) is 12.6. The Morgan fingerprint density at radius 1 is 0.938 bits per heavy atom. The zero-order chi connectivity index (χ0) is 23.6. The maximum Gasteiger partial charge on any atom is 0.330 e. The molecule has 1 amide bonds. The summed E-state index contributed by atoms with van der Waals surface area (Å²) >= 11 is 0. The first kappa shape index (κ1) is 27.1. The van der Waals surface area contributed by atoms with Gasteiger partial charge in [-0.05, 0) is 64.0 Å². The van der Waals surface area contributed by atoms with Crippen LogP contribution in [0.25, 0.3) is 0 Å². The van der Waals surface area contributed by atoms with E-state index in [0.717, 1.165) is 25.7 Å². The van der Waals surface area contributed by atoms with Crippen LogP contribution in [-0.2, 0) is 25.7 Å². The number of ether oxygens (including phenoxy) is 2. The molecular weight excluding hydrogens is 410 g/mol. The van der Waals surface area contributed by atoms with E-state index in [1.807, 2.05) is 0 Å². The molecule has 0 aromatic heterocycles. The van der Waals surface area contributed by atoms with Gasteiger partial charge in [-0.25, -0.2) is 9.59 Å². The molecule has 1 aromatic rings. The molecule has 0 aliphatic heterocycles. The van der Waals surface area contributed by atoms with Crippen molar-refractivity contribution < 1.29 is 29.0 Å². The van der Waals surface area contributed by atoms with E-state index < -0.39 is 0 Å². The first-order valence-corrected chi connectivity index (χ1v) is 11.2. The molecule has 1 aromatic carbocycles. The standard InChI is InChI=1S/C25H35NO6/c1-3-31-23(28)17-9-5-7-14-21(15-8-6-10-18-24(29)32-4-2)26-25(30)22-16-12-11-13-20(22)19-27/h9-13,16-18,21,27H,3-8,14-15,19H2,1-2H3,(H,26,30)/b17-9+,18-10+. The summed E-state index contributed by atoms with van der Waals surface area (Å²) in [5.41, 5.74) is 1.04. The molecule has 0 aliphatic carbocycles. The summed E-state index contributed by atoms with van der Waals surface area (Å²) in [4.78, 5) is 35.5. The maximum atomic E-state index is 12.8. The summed E-state index contributed by atoms with van der Waals surface area (Å²) in [7, 11) is 0. The Balaban J connectivity index is 2.63. The van der Waals surface area contributed by atoms with Crippen LogP contribution in [0.2, 0.25) is 0 Å². The van der Waals surface area contributed by atoms with Crippen molar-refractivity contribution in [1.29, 1.82) is 0 Å². The summed E-state index contributed by atoms with van der Waals surface area (Å²) in [6.07, 6.45) is 10.9. The average Bonchev–Trinajstić information content (AvgIpc) is 2.78. The lowest BCUT2D eigenvalue weighted by Crippen LogP contribution is -2.35. The van der Waals surface area contributed by atoms with E-state index in [9.17, 15) is 19.5 Å². The van der Waals surface area contributed by atoms with E-state index >= 15 is 0 Å². The number of carbonyl (C=O) groups excluding carboxylic acids is 3. The van der Waals surface area contributed by atoms with Crippen LogP contribution in [0, 0.1) is 0 Å². The van der Waals surface area contributed by atoms with Crippen LogP contribution >= 0.6 is 0 Å². The monoisotopic (exact) mass is 445 g/mol. The quantitative estimate of drug-likeness (QED) is 0.241. The van der Waals surface area contributed by atoms with Crippen LogP contribution in [0.4, 0.5) is 0 Å². The number of benzene rings is 1. The molecule has 32 heavy (non-hydrogen) atoms. The molecule has 0 unspecified atom stereocenters. The van der Waals surface area contributed by atoms with E-state index in [1.165, 1.54) is 12.2 Å².